The summed E-state index contributed by atoms with van der Waals surface area (Å²) in [6.45, 7) is 9.92. The van der Waals surface area contributed by atoms with E-state index in [9.17, 15) is 0 Å². The average molecular weight is 331 g/mol. The molecule has 24 heavy (non-hydrogen) atoms. The third kappa shape index (κ3) is 14.0. The summed E-state index contributed by atoms with van der Waals surface area (Å²) in [5.74, 6) is 0. The molecule has 0 rings (SSSR count). The largest absolute Gasteiger partial charge is 0.299 e. The van der Waals surface area contributed by atoms with Gasteiger partial charge in [0.25, 0.3) is 0 Å². The molecular formula is C20H34N4. The number of rotatable bonds is 15. The Bertz CT molecular complexity index is 374. The molecule has 0 saturated carbocycles. The second kappa shape index (κ2) is 17.7. The van der Waals surface area contributed by atoms with Crippen molar-refractivity contribution < 1.29 is 0 Å². The van der Waals surface area contributed by atoms with Gasteiger partial charge in [-0.3, -0.25) is 9.80 Å². The summed E-state index contributed by atoms with van der Waals surface area (Å²) in [7, 11) is 0. The zero-order valence-corrected chi connectivity index (χ0v) is 15.6. The van der Waals surface area contributed by atoms with Crippen LogP contribution >= 0.6 is 0 Å². The lowest BCUT2D eigenvalue weighted by Crippen LogP contribution is -2.29. The van der Waals surface area contributed by atoms with Gasteiger partial charge in [-0.15, -0.1) is 0 Å². The summed E-state index contributed by atoms with van der Waals surface area (Å²) in [4.78, 5) is 4.71. The zero-order valence-electron chi connectivity index (χ0n) is 15.6. The van der Waals surface area contributed by atoms with Crippen LogP contribution in [0.15, 0.2) is 24.3 Å². The number of nitrogens with zero attached hydrogens (tertiary/aromatic N) is 4. The van der Waals surface area contributed by atoms with E-state index in [2.05, 4.69) is 60.1 Å². The van der Waals surface area contributed by atoms with Crippen molar-refractivity contribution in [3.63, 3.8) is 0 Å². The van der Waals surface area contributed by atoms with Crippen LogP contribution in [0.4, 0.5) is 0 Å². The second-order valence-corrected chi connectivity index (χ2v) is 5.88. The molecule has 0 aromatic rings. The molecule has 0 saturated heterocycles. The van der Waals surface area contributed by atoms with Crippen molar-refractivity contribution in [2.75, 3.05) is 39.3 Å². The van der Waals surface area contributed by atoms with Crippen molar-refractivity contribution in [3.05, 3.63) is 24.3 Å². The lowest BCUT2D eigenvalue weighted by atomic mass is 10.2. The molecule has 0 atom stereocenters. The molecule has 0 bridgehead atoms. The van der Waals surface area contributed by atoms with Crippen LogP contribution in [-0.2, 0) is 0 Å². The molecule has 0 aromatic carbocycles. The van der Waals surface area contributed by atoms with E-state index in [1.165, 1.54) is 0 Å². The molecular weight excluding hydrogens is 296 g/mol. The van der Waals surface area contributed by atoms with E-state index in [0.29, 0.717) is 12.8 Å². The Labute approximate surface area is 149 Å². The lowest BCUT2D eigenvalue weighted by molar-refractivity contribution is 0.270. The van der Waals surface area contributed by atoms with Crippen molar-refractivity contribution in [1.29, 1.82) is 10.5 Å². The quantitative estimate of drug-likeness (QED) is 0.335. The van der Waals surface area contributed by atoms with Gasteiger partial charge in [0.2, 0.25) is 0 Å². The molecule has 0 radical (unpaired) electrons. The maximum absolute atomic E-state index is 8.78. The Hall–Kier alpha value is -1.62. The third-order valence-electron chi connectivity index (χ3n) is 3.81. The van der Waals surface area contributed by atoms with Gasteiger partial charge in [0.05, 0.1) is 12.1 Å². The van der Waals surface area contributed by atoms with Gasteiger partial charge in [-0.1, -0.05) is 38.2 Å². The molecule has 0 heterocycles. The minimum Gasteiger partial charge on any atom is -0.299 e. The normalized spacial score (nSPS) is 11.6. The van der Waals surface area contributed by atoms with Gasteiger partial charge in [-0.05, 0) is 38.8 Å². The van der Waals surface area contributed by atoms with Crippen LogP contribution in [0.25, 0.3) is 0 Å². The highest BCUT2D eigenvalue weighted by Crippen LogP contribution is 2.02. The first-order chi connectivity index (χ1) is 11.8. The Balaban J connectivity index is 4.14. The molecule has 0 fully saturated rings. The van der Waals surface area contributed by atoms with Crippen molar-refractivity contribution in [3.8, 4) is 12.1 Å². The Kier molecular flexibility index (Phi) is 16.5. The molecule has 4 heteroatoms. The van der Waals surface area contributed by atoms with Crippen LogP contribution in [0, 0.1) is 22.7 Å². The van der Waals surface area contributed by atoms with E-state index in [0.717, 1.165) is 65.0 Å². The van der Waals surface area contributed by atoms with Crippen LogP contribution in [-0.4, -0.2) is 49.1 Å². The Morgan fingerprint density at radius 3 is 1.42 bits per heavy atom. The smallest absolute Gasteiger partial charge is 0.0635 e. The van der Waals surface area contributed by atoms with Gasteiger partial charge in [-0.25, -0.2) is 0 Å². The summed E-state index contributed by atoms with van der Waals surface area (Å²) in [6.07, 6.45) is 14.3. The number of allylic oxidation sites excluding steroid dienone is 2. The average Bonchev–Trinajstić information content (AvgIpc) is 2.60. The van der Waals surface area contributed by atoms with Crippen molar-refractivity contribution in [1.82, 2.24) is 9.80 Å². The molecule has 0 aliphatic rings. The first-order valence-corrected chi connectivity index (χ1v) is 9.27. The van der Waals surface area contributed by atoms with Gasteiger partial charge in [0.1, 0.15) is 0 Å². The molecule has 0 aromatic heterocycles. The summed E-state index contributed by atoms with van der Waals surface area (Å²) < 4.78 is 0. The van der Waals surface area contributed by atoms with E-state index >= 15 is 0 Å². The van der Waals surface area contributed by atoms with Gasteiger partial charge in [0.15, 0.2) is 0 Å². The Morgan fingerprint density at radius 1 is 0.667 bits per heavy atom. The van der Waals surface area contributed by atoms with E-state index in [-0.39, 0.29) is 0 Å². The van der Waals surface area contributed by atoms with E-state index in [1.54, 1.807) is 0 Å². The molecule has 0 N–H and O–H groups in total. The number of nitriles is 2. The van der Waals surface area contributed by atoms with Crippen LogP contribution < -0.4 is 0 Å². The predicted octanol–water partition coefficient (Wildman–Crippen LogP) is 4.13. The van der Waals surface area contributed by atoms with E-state index < -0.39 is 0 Å². The van der Waals surface area contributed by atoms with Gasteiger partial charge < -0.3 is 0 Å². The summed E-state index contributed by atoms with van der Waals surface area (Å²) in [5.41, 5.74) is 0. The van der Waals surface area contributed by atoms with Crippen molar-refractivity contribution >= 4 is 0 Å². The number of hydrogen-bond donors (Lipinski definition) is 0. The van der Waals surface area contributed by atoms with Crippen LogP contribution in [0.5, 0.6) is 0 Å². The minimum absolute atomic E-state index is 0.593. The SMILES string of the molecule is CCC=CCN(CCC#N)CCCCN(CC=CCC)CCC#N. The number of unbranched alkanes of at least 4 members (excludes halogenated alkanes) is 1. The summed E-state index contributed by atoms with van der Waals surface area (Å²) >= 11 is 0. The first-order valence-electron chi connectivity index (χ1n) is 9.27. The Morgan fingerprint density at radius 2 is 1.08 bits per heavy atom. The maximum atomic E-state index is 8.78. The fourth-order valence-corrected chi connectivity index (χ4v) is 2.46. The maximum Gasteiger partial charge on any atom is 0.0635 e. The highest BCUT2D eigenvalue weighted by Gasteiger charge is 2.05. The molecule has 0 unspecified atom stereocenters. The lowest BCUT2D eigenvalue weighted by Gasteiger charge is -2.22. The molecule has 0 amide bonds. The highest BCUT2D eigenvalue weighted by atomic mass is 15.1. The topological polar surface area (TPSA) is 54.1 Å². The molecule has 0 aliphatic heterocycles. The van der Waals surface area contributed by atoms with Gasteiger partial charge >= 0.3 is 0 Å². The summed E-state index contributed by atoms with van der Waals surface area (Å²) in [6, 6.07) is 4.47. The number of hydrogen-bond acceptors (Lipinski definition) is 4. The fourth-order valence-electron chi connectivity index (χ4n) is 2.46. The van der Waals surface area contributed by atoms with E-state index in [1.807, 2.05) is 0 Å². The van der Waals surface area contributed by atoms with Gasteiger partial charge in [-0.2, -0.15) is 10.5 Å². The van der Waals surface area contributed by atoms with E-state index in [4.69, 9.17) is 10.5 Å². The van der Waals surface area contributed by atoms with Crippen LogP contribution in [0.2, 0.25) is 0 Å². The summed E-state index contributed by atoms with van der Waals surface area (Å²) in [5, 5.41) is 17.6. The minimum atomic E-state index is 0.593. The first kappa shape index (κ1) is 22.4. The van der Waals surface area contributed by atoms with Crippen molar-refractivity contribution in [2.24, 2.45) is 0 Å². The monoisotopic (exact) mass is 330 g/mol. The zero-order chi connectivity index (χ0) is 17.9. The van der Waals surface area contributed by atoms with Gasteiger partial charge in [0, 0.05) is 39.0 Å². The fraction of sp³-hybridized carbons (Fsp3) is 0.700. The predicted molar refractivity (Wildman–Crippen MR) is 101 cm³/mol. The molecule has 134 valence electrons. The standard InChI is InChI=1S/C20H34N4/c1-3-5-7-15-23(19-11-13-21)17-9-10-18-24(20-12-14-22)16-8-6-4-2/h5-8H,3-4,9-12,15-20H2,1-2H3. The highest BCUT2D eigenvalue weighted by molar-refractivity contribution is 4.86. The second-order valence-electron chi connectivity index (χ2n) is 5.88. The van der Waals surface area contributed by atoms with Crippen molar-refractivity contribution in [2.45, 2.75) is 52.4 Å². The molecule has 4 nitrogen and oxygen atoms in total. The molecule has 0 aliphatic carbocycles. The van der Waals surface area contributed by atoms with Crippen LogP contribution in [0.1, 0.15) is 52.4 Å². The molecule has 0 spiro atoms. The third-order valence-corrected chi connectivity index (χ3v) is 3.81. The van der Waals surface area contributed by atoms with Crippen LogP contribution in [0.3, 0.4) is 0 Å².